The van der Waals surface area contributed by atoms with Gasteiger partial charge in [-0.15, -0.1) is 5.10 Å². The summed E-state index contributed by atoms with van der Waals surface area (Å²) in [5.74, 6) is 0.196. The minimum absolute atomic E-state index is 0.0812. The van der Waals surface area contributed by atoms with E-state index in [1.165, 1.54) is 0 Å². The van der Waals surface area contributed by atoms with Crippen LogP contribution in [0.1, 0.15) is 39.6 Å². The lowest BCUT2D eigenvalue weighted by Gasteiger charge is -2.20. The molecule has 0 aromatic carbocycles. The molecule has 96 valence electrons. The first-order valence-electron chi connectivity index (χ1n) is 5.42. The van der Waals surface area contributed by atoms with Gasteiger partial charge in [0.1, 0.15) is 0 Å². The first kappa shape index (κ1) is 13.4. The van der Waals surface area contributed by atoms with Crippen LogP contribution in [0.3, 0.4) is 0 Å². The molecule has 0 saturated heterocycles. The van der Waals surface area contributed by atoms with Crippen LogP contribution in [0.25, 0.3) is 0 Å². The number of hydrogen-bond donors (Lipinski definition) is 3. The summed E-state index contributed by atoms with van der Waals surface area (Å²) in [5, 5.41) is 13.0. The van der Waals surface area contributed by atoms with Gasteiger partial charge in [0.25, 0.3) is 0 Å². The second kappa shape index (κ2) is 5.13. The normalized spacial score (nSPS) is 13.2. The van der Waals surface area contributed by atoms with E-state index < -0.39 is 0 Å². The van der Waals surface area contributed by atoms with Crippen LogP contribution in [0.2, 0.25) is 0 Å². The monoisotopic (exact) mass is 241 g/mol. The average Bonchev–Trinajstić information content (AvgIpc) is 2.60. The predicted molar refractivity (Wildman–Crippen MR) is 63.3 cm³/mol. The maximum absolute atomic E-state index is 11.5. The Morgan fingerprint density at radius 1 is 1.47 bits per heavy atom. The van der Waals surface area contributed by atoms with Crippen LogP contribution < -0.4 is 16.4 Å². The third kappa shape index (κ3) is 4.81. The molecule has 0 radical (unpaired) electrons. The second-order valence-corrected chi connectivity index (χ2v) is 4.89. The summed E-state index contributed by atoms with van der Waals surface area (Å²) in [7, 11) is 0. The van der Waals surface area contributed by atoms with Crippen LogP contribution in [-0.4, -0.2) is 28.2 Å². The summed E-state index contributed by atoms with van der Waals surface area (Å²) in [6.45, 7) is 7.55. The highest BCUT2D eigenvalue weighted by molar-refractivity contribution is 5.80. The molecule has 1 atom stereocenters. The van der Waals surface area contributed by atoms with Gasteiger partial charge in [-0.05, 0) is 27.7 Å². The molecule has 0 spiro atoms. The number of carbonyl (C=O) groups is 1. The van der Waals surface area contributed by atoms with Gasteiger partial charge in [0.15, 0.2) is 0 Å². The first-order chi connectivity index (χ1) is 7.78. The fourth-order valence-corrected chi connectivity index (χ4v) is 1.11. The van der Waals surface area contributed by atoms with Crippen molar-refractivity contribution in [2.75, 3.05) is 11.9 Å². The minimum Gasteiger partial charge on any atom is -0.406 e. The van der Waals surface area contributed by atoms with E-state index in [0.29, 0.717) is 5.89 Å². The van der Waals surface area contributed by atoms with Gasteiger partial charge in [-0.3, -0.25) is 4.79 Å². The Bertz CT molecular complexity index is 380. The molecule has 0 aliphatic heterocycles. The number of hydrogen-bond acceptors (Lipinski definition) is 6. The highest BCUT2D eigenvalue weighted by atomic mass is 16.4. The molecule has 0 aliphatic rings. The standard InChI is InChI=1S/C10H19N5O2/c1-6(11)8-14-15-9(17-8)12-5-7(16)13-10(2,3)4/h6H,5,11H2,1-4H3,(H,12,15)(H,13,16). The van der Waals surface area contributed by atoms with Crippen molar-refractivity contribution in [1.82, 2.24) is 15.5 Å². The maximum atomic E-state index is 11.5. The van der Waals surface area contributed by atoms with E-state index in [0.717, 1.165) is 0 Å². The Morgan fingerprint density at radius 3 is 2.59 bits per heavy atom. The minimum atomic E-state index is -0.318. The zero-order valence-corrected chi connectivity index (χ0v) is 10.6. The average molecular weight is 241 g/mol. The summed E-state index contributed by atoms with van der Waals surface area (Å²) >= 11 is 0. The quantitative estimate of drug-likeness (QED) is 0.705. The van der Waals surface area contributed by atoms with E-state index in [1.54, 1.807) is 6.92 Å². The topological polar surface area (TPSA) is 106 Å². The molecular weight excluding hydrogens is 222 g/mol. The van der Waals surface area contributed by atoms with E-state index >= 15 is 0 Å². The number of nitrogens with two attached hydrogens (primary N) is 1. The van der Waals surface area contributed by atoms with Crippen molar-refractivity contribution in [2.45, 2.75) is 39.3 Å². The maximum Gasteiger partial charge on any atom is 0.315 e. The van der Waals surface area contributed by atoms with Crippen molar-refractivity contribution in [1.29, 1.82) is 0 Å². The number of carbonyl (C=O) groups excluding carboxylic acids is 1. The van der Waals surface area contributed by atoms with E-state index in [4.69, 9.17) is 10.2 Å². The Balaban J connectivity index is 2.42. The lowest BCUT2D eigenvalue weighted by Crippen LogP contribution is -2.43. The lowest BCUT2D eigenvalue weighted by molar-refractivity contribution is -0.120. The van der Waals surface area contributed by atoms with Crippen LogP contribution in [-0.2, 0) is 4.79 Å². The Hall–Kier alpha value is -1.63. The van der Waals surface area contributed by atoms with Gasteiger partial charge in [0, 0.05) is 5.54 Å². The molecule has 17 heavy (non-hydrogen) atoms. The molecule has 4 N–H and O–H groups in total. The predicted octanol–water partition coefficient (Wildman–Crippen LogP) is 0.416. The smallest absolute Gasteiger partial charge is 0.315 e. The molecule has 1 heterocycles. The van der Waals surface area contributed by atoms with Crippen LogP contribution in [0.4, 0.5) is 6.01 Å². The summed E-state index contributed by atoms with van der Waals surface area (Å²) in [5.41, 5.74) is 5.30. The molecule has 0 bridgehead atoms. The van der Waals surface area contributed by atoms with Gasteiger partial charge in [-0.1, -0.05) is 5.10 Å². The second-order valence-electron chi connectivity index (χ2n) is 4.89. The highest BCUT2D eigenvalue weighted by Gasteiger charge is 2.15. The van der Waals surface area contributed by atoms with E-state index in [1.807, 2.05) is 20.8 Å². The summed E-state index contributed by atoms with van der Waals surface area (Å²) < 4.78 is 5.19. The largest absolute Gasteiger partial charge is 0.406 e. The summed E-state index contributed by atoms with van der Waals surface area (Å²) in [4.78, 5) is 11.5. The van der Waals surface area contributed by atoms with E-state index in [2.05, 4.69) is 20.8 Å². The van der Waals surface area contributed by atoms with Gasteiger partial charge >= 0.3 is 6.01 Å². The van der Waals surface area contributed by atoms with E-state index in [9.17, 15) is 4.79 Å². The zero-order valence-electron chi connectivity index (χ0n) is 10.6. The molecule has 0 fully saturated rings. The molecule has 7 nitrogen and oxygen atoms in total. The van der Waals surface area contributed by atoms with Crippen molar-refractivity contribution in [3.05, 3.63) is 5.89 Å². The van der Waals surface area contributed by atoms with Crippen molar-refractivity contribution < 1.29 is 9.21 Å². The fourth-order valence-electron chi connectivity index (χ4n) is 1.11. The first-order valence-corrected chi connectivity index (χ1v) is 5.42. The van der Waals surface area contributed by atoms with Crippen LogP contribution >= 0.6 is 0 Å². The van der Waals surface area contributed by atoms with Gasteiger partial charge in [0.05, 0.1) is 12.6 Å². The molecule has 1 aromatic heterocycles. The number of nitrogens with zero attached hydrogens (tertiary/aromatic N) is 2. The Morgan fingerprint density at radius 2 is 2.12 bits per heavy atom. The third-order valence-corrected chi connectivity index (χ3v) is 1.74. The van der Waals surface area contributed by atoms with Crippen LogP contribution in [0.5, 0.6) is 0 Å². The van der Waals surface area contributed by atoms with Crippen LogP contribution in [0, 0.1) is 0 Å². The Kier molecular flexibility index (Phi) is 4.06. The lowest BCUT2D eigenvalue weighted by atomic mass is 10.1. The molecule has 0 saturated carbocycles. The number of amides is 1. The third-order valence-electron chi connectivity index (χ3n) is 1.74. The van der Waals surface area contributed by atoms with E-state index in [-0.39, 0.29) is 30.0 Å². The molecule has 7 heteroatoms. The number of nitrogens with one attached hydrogen (secondary N) is 2. The summed E-state index contributed by atoms with van der Waals surface area (Å²) in [6, 6.07) is -0.122. The van der Waals surface area contributed by atoms with Gasteiger partial charge in [-0.25, -0.2) is 0 Å². The SMILES string of the molecule is CC(N)c1nnc(NCC(=O)NC(C)(C)C)o1. The molecule has 1 unspecified atom stereocenters. The van der Waals surface area contributed by atoms with Crippen molar-refractivity contribution in [3.63, 3.8) is 0 Å². The zero-order chi connectivity index (χ0) is 13.1. The van der Waals surface area contributed by atoms with Crippen molar-refractivity contribution in [2.24, 2.45) is 5.73 Å². The number of rotatable bonds is 4. The molecular formula is C10H19N5O2. The van der Waals surface area contributed by atoms with Gasteiger partial charge in [-0.2, -0.15) is 0 Å². The highest BCUT2D eigenvalue weighted by Crippen LogP contribution is 2.10. The molecule has 0 aliphatic carbocycles. The summed E-state index contributed by atoms with van der Waals surface area (Å²) in [6.07, 6.45) is 0. The van der Waals surface area contributed by atoms with Gasteiger partial charge < -0.3 is 20.8 Å². The number of aromatic nitrogens is 2. The number of anilines is 1. The van der Waals surface area contributed by atoms with Crippen molar-refractivity contribution in [3.8, 4) is 0 Å². The fraction of sp³-hybridized carbons (Fsp3) is 0.700. The molecule has 1 rings (SSSR count). The molecule has 1 aromatic rings. The van der Waals surface area contributed by atoms with Gasteiger partial charge in [0.2, 0.25) is 11.8 Å². The Labute approximate surface area is 100 Å². The molecule has 1 amide bonds. The van der Waals surface area contributed by atoms with Crippen LogP contribution in [0.15, 0.2) is 4.42 Å². The van der Waals surface area contributed by atoms with Crippen molar-refractivity contribution >= 4 is 11.9 Å².